The molecule has 222 valence electrons. The number of methoxy groups -OCH3 is 1. The highest BCUT2D eigenvalue weighted by molar-refractivity contribution is 6.02. The summed E-state index contributed by atoms with van der Waals surface area (Å²) < 4.78 is 11.9. The van der Waals surface area contributed by atoms with Crippen molar-refractivity contribution < 1.29 is 29.0 Å². The lowest BCUT2D eigenvalue weighted by molar-refractivity contribution is -0.144. The first-order valence-electron chi connectivity index (χ1n) is 14.5. The van der Waals surface area contributed by atoms with Crippen molar-refractivity contribution in [2.45, 2.75) is 43.7 Å². The molecule has 10 nitrogen and oxygen atoms in total. The molecule has 0 bridgehead atoms. The van der Waals surface area contributed by atoms with Crippen LogP contribution < -0.4 is 20.6 Å². The predicted octanol–water partition coefficient (Wildman–Crippen LogP) is 4.01. The largest absolute Gasteiger partial charge is 0.497 e. The van der Waals surface area contributed by atoms with Gasteiger partial charge in [-0.25, -0.2) is 15.6 Å². The highest BCUT2D eigenvalue weighted by Gasteiger charge is 2.61. The lowest BCUT2D eigenvalue weighted by atomic mass is 9.98. The van der Waals surface area contributed by atoms with Crippen molar-refractivity contribution in [3.63, 3.8) is 0 Å². The molecule has 2 unspecified atom stereocenters. The predicted molar refractivity (Wildman–Crippen MR) is 160 cm³/mol. The van der Waals surface area contributed by atoms with E-state index in [9.17, 15) is 19.5 Å². The Kier molecular flexibility index (Phi) is 7.62. The number of carboxylic acid groups (broad SMARTS) is 1. The quantitative estimate of drug-likeness (QED) is 0.233. The average molecular weight is 583 g/mol. The van der Waals surface area contributed by atoms with E-state index in [2.05, 4.69) is 5.32 Å². The van der Waals surface area contributed by atoms with Crippen molar-refractivity contribution in [3.05, 3.63) is 78.4 Å². The van der Waals surface area contributed by atoms with Gasteiger partial charge in [0.2, 0.25) is 5.91 Å². The molecule has 2 aliphatic carbocycles. The van der Waals surface area contributed by atoms with Crippen molar-refractivity contribution in [1.82, 2.24) is 15.3 Å². The molecular weight excluding hydrogens is 548 g/mol. The van der Waals surface area contributed by atoms with Crippen molar-refractivity contribution in [1.29, 1.82) is 0 Å². The van der Waals surface area contributed by atoms with E-state index in [1.54, 1.807) is 13.2 Å². The molecule has 3 aromatic rings. The third-order valence-corrected chi connectivity index (χ3v) is 8.49. The maximum Gasteiger partial charge on any atom is 0.330 e. The van der Waals surface area contributed by atoms with Gasteiger partial charge in [-0.2, -0.15) is 0 Å². The zero-order valence-corrected chi connectivity index (χ0v) is 23.9. The number of nitrogens with two attached hydrogens (primary N) is 1. The van der Waals surface area contributed by atoms with Gasteiger partial charge in [-0.15, -0.1) is 0 Å². The fourth-order valence-corrected chi connectivity index (χ4v) is 5.96. The number of hydrogen-bond donors (Lipinski definition) is 3. The Labute approximate surface area is 249 Å². The number of hydrogen-bond acceptors (Lipinski definition) is 7. The Morgan fingerprint density at radius 2 is 1.95 bits per heavy atom. The highest BCUT2D eigenvalue weighted by atomic mass is 16.5. The van der Waals surface area contributed by atoms with Gasteiger partial charge in [-0.05, 0) is 43.9 Å². The van der Waals surface area contributed by atoms with Gasteiger partial charge in [0.1, 0.15) is 23.1 Å². The van der Waals surface area contributed by atoms with Gasteiger partial charge >= 0.3 is 5.97 Å². The number of amides is 2. The Hall–Kier alpha value is -4.70. The van der Waals surface area contributed by atoms with Gasteiger partial charge in [0.25, 0.3) is 5.91 Å². The molecule has 4 N–H and O–H groups in total. The van der Waals surface area contributed by atoms with Crippen LogP contribution >= 0.6 is 0 Å². The maximum absolute atomic E-state index is 13.7. The summed E-state index contributed by atoms with van der Waals surface area (Å²) in [7, 11) is 1.59. The number of nitrogens with one attached hydrogen (secondary N) is 1. The van der Waals surface area contributed by atoms with E-state index >= 15 is 0 Å². The summed E-state index contributed by atoms with van der Waals surface area (Å²) in [5, 5.41) is 14.6. The molecule has 1 saturated carbocycles. The van der Waals surface area contributed by atoms with Crippen LogP contribution in [0.4, 0.5) is 0 Å². The topological polar surface area (TPSA) is 144 Å². The van der Waals surface area contributed by atoms with Gasteiger partial charge < -0.3 is 19.9 Å². The SMILES string of the molecule is COc1ccc2c(OC3C=C4C(=O)N(N)CCCC/C=C\[C@@H]5C[C@@]5(C(=O)O)NC(=O)C4C3)cc(-c3ccccc3)nc2c1. The lowest BCUT2D eigenvalue weighted by Gasteiger charge is -2.23. The Balaban J connectivity index is 1.35. The van der Waals surface area contributed by atoms with E-state index < -0.39 is 35.3 Å². The van der Waals surface area contributed by atoms with Crippen molar-refractivity contribution in [3.8, 4) is 22.8 Å². The fourth-order valence-electron chi connectivity index (χ4n) is 5.96. The van der Waals surface area contributed by atoms with E-state index in [1.807, 2.05) is 66.7 Å². The molecule has 43 heavy (non-hydrogen) atoms. The highest BCUT2D eigenvalue weighted by Crippen LogP contribution is 2.46. The zero-order valence-electron chi connectivity index (χ0n) is 23.9. The molecule has 3 aliphatic rings. The van der Waals surface area contributed by atoms with Crippen LogP contribution in [0.5, 0.6) is 11.5 Å². The van der Waals surface area contributed by atoms with Crippen LogP contribution in [0.1, 0.15) is 32.1 Å². The molecule has 2 heterocycles. The summed E-state index contributed by atoms with van der Waals surface area (Å²) >= 11 is 0. The average Bonchev–Trinajstić information content (AvgIpc) is 3.55. The number of benzene rings is 2. The van der Waals surface area contributed by atoms with Crippen LogP contribution in [0.25, 0.3) is 22.2 Å². The molecule has 6 rings (SSSR count). The number of carboxylic acids is 1. The molecular formula is C33H34N4O6. The second-order valence-electron chi connectivity index (χ2n) is 11.3. The summed E-state index contributed by atoms with van der Waals surface area (Å²) in [5.74, 6) is 4.05. The molecule has 0 spiro atoms. The molecule has 2 amide bonds. The Morgan fingerprint density at radius 1 is 1.14 bits per heavy atom. The number of carbonyl (C=O) groups is 3. The molecule has 1 aromatic heterocycles. The normalized spacial score (nSPS) is 26.4. The number of allylic oxidation sites excluding steroid dienone is 1. The number of carbonyl (C=O) groups excluding carboxylic acids is 2. The van der Waals surface area contributed by atoms with Crippen LogP contribution in [0.2, 0.25) is 0 Å². The summed E-state index contributed by atoms with van der Waals surface area (Å²) in [4.78, 5) is 44.2. The van der Waals surface area contributed by atoms with E-state index in [0.717, 1.165) is 28.8 Å². The van der Waals surface area contributed by atoms with E-state index in [0.29, 0.717) is 42.1 Å². The number of fused-ring (bicyclic) bond motifs is 3. The number of nitrogens with zero attached hydrogens (tertiary/aromatic N) is 2. The first-order chi connectivity index (χ1) is 20.8. The lowest BCUT2D eigenvalue weighted by Crippen LogP contribution is -2.49. The minimum Gasteiger partial charge on any atom is -0.497 e. The number of pyridine rings is 1. The Morgan fingerprint density at radius 3 is 2.72 bits per heavy atom. The number of aromatic nitrogens is 1. The minimum absolute atomic E-state index is 0.150. The molecule has 0 saturated heterocycles. The van der Waals surface area contributed by atoms with Crippen molar-refractivity contribution in [2.24, 2.45) is 17.7 Å². The van der Waals surface area contributed by atoms with E-state index in [4.69, 9.17) is 20.3 Å². The second kappa shape index (κ2) is 11.5. The van der Waals surface area contributed by atoms with E-state index in [-0.39, 0.29) is 17.9 Å². The number of aliphatic carboxylic acids is 1. The summed E-state index contributed by atoms with van der Waals surface area (Å²) in [6.45, 7) is 0.337. The summed E-state index contributed by atoms with van der Waals surface area (Å²) in [5.41, 5.74) is 1.09. The number of ether oxygens (including phenoxy) is 2. The van der Waals surface area contributed by atoms with E-state index in [1.165, 1.54) is 0 Å². The van der Waals surface area contributed by atoms with Gasteiger partial charge in [0.15, 0.2) is 0 Å². The van der Waals surface area contributed by atoms with Gasteiger partial charge in [-0.3, -0.25) is 14.6 Å². The molecule has 2 aromatic carbocycles. The second-order valence-corrected chi connectivity index (χ2v) is 11.3. The third kappa shape index (κ3) is 5.58. The van der Waals surface area contributed by atoms with Crippen LogP contribution in [-0.2, 0) is 14.4 Å². The van der Waals surface area contributed by atoms with Crippen LogP contribution in [-0.4, -0.2) is 58.2 Å². The Bertz CT molecular complexity index is 1640. The fraction of sp³-hybridized carbons (Fsp3) is 0.333. The summed E-state index contributed by atoms with van der Waals surface area (Å²) in [6.07, 6.45) is 7.49. The zero-order chi connectivity index (χ0) is 30.1. The molecule has 10 heteroatoms. The van der Waals surface area contributed by atoms with Gasteiger partial charge in [-0.1, -0.05) is 42.5 Å². The van der Waals surface area contributed by atoms with Crippen molar-refractivity contribution >= 4 is 28.7 Å². The van der Waals surface area contributed by atoms with Crippen LogP contribution in [0, 0.1) is 11.8 Å². The molecule has 1 fully saturated rings. The first-order valence-corrected chi connectivity index (χ1v) is 14.5. The van der Waals surface area contributed by atoms with Gasteiger partial charge in [0.05, 0.1) is 24.2 Å². The maximum atomic E-state index is 13.7. The standard InChI is InChI=1S/C33H34N4O6/c1-42-22-12-13-24-28(17-22)35-27(20-9-5-4-6-10-20)18-29(24)43-23-15-25-26(16-23)31(39)37(34)14-8-3-2-7-11-21-19-33(21,32(40)41)36-30(25)38/h4-7,9-13,16-18,21,23,25H,2-3,8,14-15,19,34H2,1H3,(H,36,38)(H,40,41)/b11-7-/t21-,23?,25?,33-/m1/s1. The number of hydrazine groups is 1. The smallest absolute Gasteiger partial charge is 0.330 e. The van der Waals surface area contributed by atoms with Crippen molar-refractivity contribution in [2.75, 3.05) is 13.7 Å². The molecule has 1 aliphatic heterocycles. The molecule has 0 radical (unpaired) electrons. The first kappa shape index (κ1) is 28.4. The minimum atomic E-state index is -1.38. The summed E-state index contributed by atoms with van der Waals surface area (Å²) in [6, 6.07) is 17.0. The third-order valence-electron chi connectivity index (χ3n) is 8.49. The van der Waals surface area contributed by atoms with Crippen LogP contribution in [0.3, 0.4) is 0 Å². The van der Waals surface area contributed by atoms with Crippen LogP contribution in [0.15, 0.2) is 78.4 Å². The number of rotatable bonds is 5. The molecule has 4 atom stereocenters. The van der Waals surface area contributed by atoms with Gasteiger partial charge in [0, 0.05) is 47.5 Å². The monoisotopic (exact) mass is 582 g/mol.